The maximum Gasteiger partial charge on any atom is 0.209 e. The predicted molar refractivity (Wildman–Crippen MR) is 227 cm³/mol. The van der Waals surface area contributed by atoms with Gasteiger partial charge in [0, 0.05) is 22.7 Å². The topological polar surface area (TPSA) is 95.8 Å². The van der Waals surface area contributed by atoms with E-state index in [4.69, 9.17) is 30.8 Å². The molecule has 295 valence electrons. The highest BCUT2D eigenvalue weighted by Crippen LogP contribution is 2.45. The second-order valence-corrected chi connectivity index (χ2v) is 17.4. The minimum Gasteiger partial charge on any atom is -0.494 e. The van der Waals surface area contributed by atoms with Gasteiger partial charge in [0.15, 0.2) is 0 Å². The van der Waals surface area contributed by atoms with Crippen molar-refractivity contribution in [3.8, 4) is 0 Å². The predicted octanol–water partition coefficient (Wildman–Crippen LogP) is 7.87. The second kappa shape index (κ2) is 23.7. The van der Waals surface area contributed by atoms with Gasteiger partial charge in [0.05, 0.1) is 55.4 Å². The van der Waals surface area contributed by atoms with Gasteiger partial charge >= 0.3 is 0 Å². The summed E-state index contributed by atoms with van der Waals surface area (Å²) in [6.45, 7) is 28.8. The first-order valence-corrected chi connectivity index (χ1v) is 20.6. The van der Waals surface area contributed by atoms with E-state index in [9.17, 15) is 10.2 Å². The molecule has 52 heavy (non-hydrogen) atoms. The molecule has 2 saturated heterocycles. The summed E-state index contributed by atoms with van der Waals surface area (Å²) in [5.41, 5.74) is -2.14. The van der Waals surface area contributed by atoms with Crippen molar-refractivity contribution in [3.63, 3.8) is 0 Å². The number of ether oxygens (including phenoxy) is 3. The monoisotopic (exact) mass is 787 g/mol. The molecule has 3 radical (unpaired) electrons. The van der Waals surface area contributed by atoms with Crippen LogP contribution in [0.4, 0.5) is 0 Å². The highest BCUT2D eigenvalue weighted by Gasteiger charge is 2.52. The van der Waals surface area contributed by atoms with E-state index in [-0.39, 0.29) is 34.6 Å². The highest BCUT2D eigenvalue weighted by atomic mass is 32.2. The van der Waals surface area contributed by atoms with E-state index >= 15 is 0 Å². The molecule has 3 rings (SSSR count). The highest BCUT2D eigenvalue weighted by molar-refractivity contribution is 8.16. The average molecular weight is 788 g/mol. The Kier molecular flexibility index (Phi) is 20.3. The van der Waals surface area contributed by atoms with E-state index in [2.05, 4.69) is 39.7 Å². The number of hydrogen-bond donors (Lipinski definition) is 2. The Balaban J connectivity index is 0.000000413. The van der Waals surface area contributed by atoms with Crippen molar-refractivity contribution in [2.45, 2.75) is 155 Å². The van der Waals surface area contributed by atoms with E-state index in [0.717, 1.165) is 113 Å². The van der Waals surface area contributed by atoms with E-state index in [1.807, 2.05) is 59.8 Å². The molecule has 8 nitrogen and oxygen atoms in total. The van der Waals surface area contributed by atoms with Crippen LogP contribution in [-0.4, -0.2) is 97.0 Å². The molecule has 0 bridgehead atoms. The molecule has 0 amide bonds. The summed E-state index contributed by atoms with van der Waals surface area (Å²) < 4.78 is 55.1. The fourth-order valence-electron chi connectivity index (χ4n) is 6.51. The summed E-state index contributed by atoms with van der Waals surface area (Å²) in [5.74, 6) is 1.00. The molecule has 3 heterocycles. The van der Waals surface area contributed by atoms with Gasteiger partial charge in [-0.1, -0.05) is 95.5 Å². The minimum atomic E-state index is -0.651. The Morgan fingerprint density at radius 2 is 1.13 bits per heavy atom. The zero-order valence-corrected chi connectivity index (χ0v) is 35.6. The molecule has 14 heteroatoms. The first kappa shape index (κ1) is 44.4. The molecule has 2 fully saturated rings. The average Bonchev–Trinajstić information content (AvgIpc) is 3.12. The standard InChI is InChI=1S/2C13H24BO3S.C12H20BO2S/c2*1-5-6-10-7-8-11(15)13(4,17-10)12(2,3)9-16-18-14;1-4-6-10-7-5-8-11(15-10)12(2,3)9-14-16-13/h2*5,10-11,14-15H,1,6-9H2,2-4H3;4,8,10,13H,1,5-7,9H2,2-3H3/t10-,11?,13?;10-,11?,13-;10-/m111/s1/i2*14T;13T. The van der Waals surface area contributed by atoms with E-state index < -0.39 is 23.4 Å². The quantitative estimate of drug-likeness (QED) is 0.0516. The van der Waals surface area contributed by atoms with Crippen molar-refractivity contribution in [3.05, 3.63) is 49.8 Å². The number of allylic oxidation sites excluding steroid dienone is 1. The molecule has 0 saturated carbocycles. The van der Waals surface area contributed by atoms with E-state index in [1.54, 1.807) is 0 Å². The van der Waals surface area contributed by atoms with Gasteiger partial charge < -0.3 is 37.0 Å². The molecule has 3 aliphatic heterocycles. The molecule has 7 atom stereocenters. The second-order valence-electron chi connectivity index (χ2n) is 16.1. The molecule has 3 aliphatic rings. The largest absolute Gasteiger partial charge is 0.494 e. The van der Waals surface area contributed by atoms with Gasteiger partial charge in [0.25, 0.3) is 0 Å². The van der Waals surface area contributed by atoms with Gasteiger partial charge in [-0.25, -0.2) is 0 Å². The van der Waals surface area contributed by atoms with Gasteiger partial charge in [0.1, 0.15) is 11.9 Å². The van der Waals surface area contributed by atoms with Crippen molar-refractivity contribution >= 4 is 56.9 Å². The third kappa shape index (κ3) is 14.7. The molecule has 0 aromatic heterocycles. The molecule has 0 spiro atoms. The van der Waals surface area contributed by atoms with Crippen LogP contribution in [-0.2, 0) is 26.8 Å². The molecule has 0 aromatic rings. The molecular formula is C38H68B3O8S3. The van der Waals surface area contributed by atoms with Crippen LogP contribution in [0.5, 0.6) is 0 Å². The first-order valence-electron chi connectivity index (χ1n) is 19.9. The Hall–Kier alpha value is -0.275. The van der Waals surface area contributed by atoms with Crippen molar-refractivity contribution in [2.24, 2.45) is 16.2 Å². The molecule has 3 unspecified atom stereocenters. The maximum absolute atomic E-state index is 10.3. The van der Waals surface area contributed by atoms with E-state index in [1.165, 1.54) is 7.09 Å². The Morgan fingerprint density at radius 3 is 1.54 bits per heavy atom. The smallest absolute Gasteiger partial charge is 0.209 e. The van der Waals surface area contributed by atoms with Crippen LogP contribution >= 0.6 is 35.7 Å². The zero-order chi connectivity index (χ0) is 41.8. The number of aliphatic hydroxyl groups is 2. The molecular weight excluding hydrogens is 713 g/mol. The van der Waals surface area contributed by atoms with Crippen LogP contribution in [0, 0.1) is 16.2 Å². The number of hydrogen-bond acceptors (Lipinski definition) is 11. The summed E-state index contributed by atoms with van der Waals surface area (Å²) >= 11 is 3.05. The first-order chi connectivity index (χ1) is 25.8. The van der Waals surface area contributed by atoms with Crippen molar-refractivity contribution < 1.29 is 37.0 Å². The molecule has 2 N–H and O–H groups in total. The SMILES string of the molecule is [3H][B]SOCC(C)(C)C1(C)O[C@H](CC=C)CCC1O.[3H][B]SOCC(C)(C)C1=CCC[C@@H](CC=C)O1.[3H][B]SOCC(C)(C)[C@]1(C)O[C@H](CC=C)CCC1O. The summed E-state index contributed by atoms with van der Waals surface area (Å²) in [6, 6.07) is 0. The van der Waals surface area contributed by atoms with Gasteiger partial charge in [-0.2, -0.15) is 0 Å². The lowest BCUT2D eigenvalue weighted by Gasteiger charge is -2.51. The Bertz CT molecular complexity index is 1100. The van der Waals surface area contributed by atoms with Gasteiger partial charge in [-0.15, -0.1) is 19.7 Å². The Labute approximate surface area is 337 Å². The van der Waals surface area contributed by atoms with Crippen molar-refractivity contribution in [1.82, 2.24) is 0 Å². The van der Waals surface area contributed by atoms with Crippen LogP contribution in [0.1, 0.15) is 113 Å². The van der Waals surface area contributed by atoms with Crippen LogP contribution in [0.25, 0.3) is 0 Å². The fraction of sp³-hybridized carbons (Fsp3) is 0.789. The van der Waals surface area contributed by atoms with Gasteiger partial charge in [0.2, 0.25) is 21.3 Å². The van der Waals surface area contributed by atoms with Gasteiger partial charge in [-0.3, -0.25) is 0 Å². The van der Waals surface area contributed by atoms with E-state index in [0.29, 0.717) is 19.8 Å². The minimum absolute atomic E-state index is 0.112. The third-order valence-corrected chi connectivity index (χ3v) is 11.6. The lowest BCUT2D eigenvalue weighted by molar-refractivity contribution is -0.233. The maximum atomic E-state index is 10.3. The van der Waals surface area contributed by atoms with Crippen LogP contribution in [0.2, 0.25) is 0 Å². The van der Waals surface area contributed by atoms with Crippen LogP contribution in [0.3, 0.4) is 0 Å². The van der Waals surface area contributed by atoms with Crippen LogP contribution in [0.15, 0.2) is 49.8 Å². The molecule has 0 aromatic carbocycles. The summed E-state index contributed by atoms with van der Waals surface area (Å²) in [6.07, 6.45) is 15.0. The zero-order valence-electron chi connectivity index (χ0n) is 36.1. The van der Waals surface area contributed by atoms with Gasteiger partial charge in [-0.05, 0) is 75.3 Å². The van der Waals surface area contributed by atoms with Crippen LogP contribution < -0.4 is 0 Å². The van der Waals surface area contributed by atoms with Crippen molar-refractivity contribution in [2.75, 3.05) is 19.8 Å². The van der Waals surface area contributed by atoms with Crippen molar-refractivity contribution in [1.29, 1.82) is 4.01 Å². The summed E-state index contributed by atoms with van der Waals surface area (Å²) in [7, 11) is 3.49. The Morgan fingerprint density at radius 1 is 0.731 bits per heavy atom. The summed E-state index contributed by atoms with van der Waals surface area (Å²) in [4.78, 5) is 0. The number of aliphatic hydroxyl groups excluding tert-OH is 2. The lowest BCUT2D eigenvalue weighted by atomic mass is 9.70. The normalized spacial score (nSPS) is 30.2. The summed E-state index contributed by atoms with van der Waals surface area (Å²) in [5, 5.41) is 20.7. The fourth-order valence-corrected chi connectivity index (χ4v) is 7.59. The lowest BCUT2D eigenvalue weighted by Crippen LogP contribution is -2.59. The number of rotatable bonds is 21. The molecule has 0 aliphatic carbocycles. The third-order valence-electron chi connectivity index (χ3n) is 10.8.